The van der Waals surface area contributed by atoms with Gasteiger partial charge < -0.3 is 0 Å². The largest absolute Gasteiger partial charge is 0.289 e. The number of hydrogen-bond donors (Lipinski definition) is 0. The Morgan fingerprint density at radius 2 is 2.07 bits per heavy atom. The number of halogens is 2. The standard InChI is InChI=1S/C11H6ClFOS/c12-9-2-1-7(5-10(9)13)11(14)8-3-4-15-6-8/h1-6H. The molecule has 0 aliphatic rings. The molecule has 1 aromatic carbocycles. The molecule has 0 bridgehead atoms. The molecule has 0 spiro atoms. The summed E-state index contributed by atoms with van der Waals surface area (Å²) in [6.45, 7) is 0. The maximum Gasteiger partial charge on any atom is 0.193 e. The Balaban J connectivity index is 2.39. The number of thiophene rings is 1. The molecule has 0 aliphatic heterocycles. The first-order valence-electron chi connectivity index (χ1n) is 4.20. The molecule has 76 valence electrons. The molecule has 0 saturated carbocycles. The highest BCUT2D eigenvalue weighted by Crippen LogP contribution is 2.18. The topological polar surface area (TPSA) is 17.1 Å². The van der Waals surface area contributed by atoms with Crippen LogP contribution in [0, 0.1) is 5.82 Å². The molecule has 0 amide bonds. The lowest BCUT2D eigenvalue weighted by Crippen LogP contribution is -1.99. The Hall–Kier alpha value is -1.19. The first-order chi connectivity index (χ1) is 7.18. The molecule has 0 aliphatic carbocycles. The van der Waals surface area contributed by atoms with Crippen LogP contribution >= 0.6 is 22.9 Å². The lowest BCUT2D eigenvalue weighted by atomic mass is 10.1. The van der Waals surface area contributed by atoms with Crippen LogP contribution in [0.25, 0.3) is 0 Å². The Labute approximate surface area is 95.1 Å². The zero-order chi connectivity index (χ0) is 10.8. The van der Waals surface area contributed by atoms with Gasteiger partial charge in [-0.3, -0.25) is 4.79 Å². The van der Waals surface area contributed by atoms with Crippen LogP contribution in [0.2, 0.25) is 5.02 Å². The van der Waals surface area contributed by atoms with Gasteiger partial charge in [0.25, 0.3) is 0 Å². The first kappa shape index (κ1) is 10.3. The van der Waals surface area contributed by atoms with Gasteiger partial charge in [-0.1, -0.05) is 11.6 Å². The van der Waals surface area contributed by atoms with Crippen molar-refractivity contribution in [2.24, 2.45) is 0 Å². The van der Waals surface area contributed by atoms with Gasteiger partial charge in [0.05, 0.1) is 5.02 Å². The van der Waals surface area contributed by atoms with E-state index in [1.165, 1.54) is 23.5 Å². The normalized spacial score (nSPS) is 10.3. The van der Waals surface area contributed by atoms with Crippen molar-refractivity contribution in [3.05, 3.63) is 57.0 Å². The molecule has 2 aromatic rings. The van der Waals surface area contributed by atoms with Gasteiger partial charge in [-0.25, -0.2) is 4.39 Å². The summed E-state index contributed by atoms with van der Waals surface area (Å²) in [5, 5.41) is 3.56. The van der Waals surface area contributed by atoms with Crippen LogP contribution < -0.4 is 0 Å². The van der Waals surface area contributed by atoms with Gasteiger partial charge in [0.2, 0.25) is 0 Å². The SMILES string of the molecule is O=C(c1ccsc1)c1ccc(Cl)c(F)c1. The highest BCUT2D eigenvalue weighted by Gasteiger charge is 2.11. The van der Waals surface area contributed by atoms with E-state index in [-0.39, 0.29) is 10.8 Å². The van der Waals surface area contributed by atoms with Crippen LogP contribution in [-0.4, -0.2) is 5.78 Å². The summed E-state index contributed by atoms with van der Waals surface area (Å²) in [6, 6.07) is 5.77. The Morgan fingerprint density at radius 3 is 2.67 bits per heavy atom. The van der Waals surface area contributed by atoms with Crippen molar-refractivity contribution >= 4 is 28.7 Å². The fourth-order valence-corrected chi connectivity index (χ4v) is 1.95. The lowest BCUT2D eigenvalue weighted by Gasteiger charge is -1.99. The number of carbonyl (C=O) groups is 1. The minimum atomic E-state index is -0.572. The molecule has 0 radical (unpaired) electrons. The lowest BCUT2D eigenvalue weighted by molar-refractivity contribution is 0.103. The average Bonchev–Trinajstić information content (AvgIpc) is 2.74. The maximum atomic E-state index is 13.1. The average molecular weight is 241 g/mol. The minimum Gasteiger partial charge on any atom is -0.289 e. The summed E-state index contributed by atoms with van der Waals surface area (Å²) in [7, 11) is 0. The molecule has 1 nitrogen and oxygen atoms in total. The molecule has 0 fully saturated rings. The third-order valence-corrected chi connectivity index (χ3v) is 2.95. The summed E-state index contributed by atoms with van der Waals surface area (Å²) in [6.07, 6.45) is 0. The summed E-state index contributed by atoms with van der Waals surface area (Å²) in [4.78, 5) is 11.8. The molecular weight excluding hydrogens is 235 g/mol. The van der Waals surface area contributed by atoms with Crippen LogP contribution in [-0.2, 0) is 0 Å². The first-order valence-corrected chi connectivity index (χ1v) is 5.52. The van der Waals surface area contributed by atoms with Crippen molar-refractivity contribution in [1.82, 2.24) is 0 Å². The van der Waals surface area contributed by atoms with Crippen LogP contribution in [0.4, 0.5) is 4.39 Å². The van der Waals surface area contributed by atoms with Crippen molar-refractivity contribution in [2.45, 2.75) is 0 Å². The molecule has 1 aromatic heterocycles. The maximum absolute atomic E-state index is 13.1. The van der Waals surface area contributed by atoms with Gasteiger partial charge in [0, 0.05) is 16.5 Å². The molecule has 0 unspecified atom stereocenters. The fourth-order valence-electron chi connectivity index (χ4n) is 1.20. The van der Waals surface area contributed by atoms with E-state index in [2.05, 4.69) is 0 Å². The fraction of sp³-hybridized carbons (Fsp3) is 0. The van der Waals surface area contributed by atoms with E-state index in [0.717, 1.165) is 6.07 Å². The van der Waals surface area contributed by atoms with E-state index in [1.807, 2.05) is 0 Å². The van der Waals surface area contributed by atoms with Crippen molar-refractivity contribution in [1.29, 1.82) is 0 Å². The predicted molar refractivity (Wildman–Crippen MR) is 59.2 cm³/mol. The van der Waals surface area contributed by atoms with Crippen LogP contribution in [0.5, 0.6) is 0 Å². The Kier molecular flexibility index (Phi) is 2.84. The molecular formula is C11H6ClFOS. The van der Waals surface area contributed by atoms with Crippen LogP contribution in [0.3, 0.4) is 0 Å². The van der Waals surface area contributed by atoms with Crippen LogP contribution in [0.15, 0.2) is 35.0 Å². The number of carbonyl (C=O) groups excluding carboxylic acids is 1. The number of rotatable bonds is 2. The van der Waals surface area contributed by atoms with E-state index in [9.17, 15) is 9.18 Å². The monoisotopic (exact) mass is 240 g/mol. The summed E-state index contributed by atoms with van der Waals surface area (Å²) in [5.41, 5.74) is 0.886. The molecule has 0 N–H and O–H groups in total. The quantitative estimate of drug-likeness (QED) is 0.731. The van der Waals surface area contributed by atoms with E-state index >= 15 is 0 Å². The van der Waals surface area contributed by atoms with Crippen molar-refractivity contribution in [2.75, 3.05) is 0 Å². The molecule has 2 rings (SSSR count). The second-order valence-electron chi connectivity index (χ2n) is 2.97. The Bertz CT molecular complexity index is 493. The predicted octanol–water partition coefficient (Wildman–Crippen LogP) is 3.77. The number of hydrogen-bond acceptors (Lipinski definition) is 2. The van der Waals surface area contributed by atoms with Crippen molar-refractivity contribution in [3.8, 4) is 0 Å². The van der Waals surface area contributed by atoms with Crippen molar-refractivity contribution < 1.29 is 9.18 Å². The minimum absolute atomic E-state index is 0.0249. The summed E-state index contributed by atoms with van der Waals surface area (Å²) in [5.74, 6) is -0.760. The van der Waals surface area contributed by atoms with Gasteiger partial charge in [0.1, 0.15) is 5.82 Å². The Morgan fingerprint density at radius 1 is 1.27 bits per heavy atom. The van der Waals surface area contributed by atoms with Gasteiger partial charge >= 0.3 is 0 Å². The van der Waals surface area contributed by atoms with E-state index < -0.39 is 5.82 Å². The number of ketones is 1. The molecule has 15 heavy (non-hydrogen) atoms. The van der Waals surface area contributed by atoms with Gasteiger partial charge in [-0.05, 0) is 29.6 Å². The second kappa shape index (κ2) is 4.13. The van der Waals surface area contributed by atoms with Crippen LogP contribution in [0.1, 0.15) is 15.9 Å². The van der Waals surface area contributed by atoms with Gasteiger partial charge in [-0.15, -0.1) is 0 Å². The van der Waals surface area contributed by atoms with Gasteiger partial charge in [0.15, 0.2) is 5.78 Å². The summed E-state index contributed by atoms with van der Waals surface area (Å²) < 4.78 is 13.1. The number of benzene rings is 1. The molecule has 4 heteroatoms. The van der Waals surface area contributed by atoms with E-state index in [4.69, 9.17) is 11.6 Å². The summed E-state index contributed by atoms with van der Waals surface area (Å²) >= 11 is 6.96. The zero-order valence-corrected chi connectivity index (χ0v) is 9.11. The molecule has 0 atom stereocenters. The highest BCUT2D eigenvalue weighted by atomic mass is 35.5. The molecule has 0 saturated heterocycles. The second-order valence-corrected chi connectivity index (χ2v) is 4.16. The zero-order valence-electron chi connectivity index (χ0n) is 7.54. The van der Waals surface area contributed by atoms with E-state index in [1.54, 1.807) is 16.8 Å². The third-order valence-electron chi connectivity index (χ3n) is 1.97. The highest BCUT2D eigenvalue weighted by molar-refractivity contribution is 7.08. The van der Waals surface area contributed by atoms with Crippen molar-refractivity contribution in [3.63, 3.8) is 0 Å². The van der Waals surface area contributed by atoms with E-state index in [0.29, 0.717) is 11.1 Å². The third kappa shape index (κ3) is 2.08. The molecule has 1 heterocycles. The van der Waals surface area contributed by atoms with Gasteiger partial charge in [-0.2, -0.15) is 11.3 Å². The smallest absolute Gasteiger partial charge is 0.193 e.